The summed E-state index contributed by atoms with van der Waals surface area (Å²) in [7, 11) is 0.137. The smallest absolute Gasteiger partial charge is 0.0703 e. The first-order valence-electron chi connectivity index (χ1n) is 3.23. The van der Waals surface area contributed by atoms with Crippen molar-refractivity contribution in [2.24, 2.45) is 4.36 Å². The zero-order valence-electron chi connectivity index (χ0n) is 6.54. The van der Waals surface area contributed by atoms with Crippen molar-refractivity contribution in [2.75, 3.05) is 12.5 Å². The largest absolute Gasteiger partial charge is 0.229 e. The lowest BCUT2D eigenvalue weighted by Crippen LogP contribution is -1.75. The molecule has 11 heavy (non-hydrogen) atoms. The van der Waals surface area contributed by atoms with E-state index in [1.54, 1.807) is 0 Å². The maximum absolute atomic E-state index is 4.41. The first-order chi connectivity index (χ1) is 5.18. The number of rotatable bonds is 1. The summed E-state index contributed by atoms with van der Waals surface area (Å²) in [6.07, 6.45) is 4.20. The lowest BCUT2D eigenvalue weighted by Gasteiger charge is -1.94. The molecule has 1 aromatic carbocycles. The number of hydrogen-bond donors (Lipinski definition) is 0. The topological polar surface area (TPSA) is 12.4 Å². The van der Waals surface area contributed by atoms with E-state index in [4.69, 9.17) is 0 Å². The maximum atomic E-state index is 4.41. The zero-order chi connectivity index (χ0) is 8.27. The minimum absolute atomic E-state index is 0.137. The Morgan fingerprint density at radius 1 is 1.18 bits per heavy atom. The molecular weight excluding hydrogens is 222 g/mol. The molecule has 0 saturated carbocycles. The molecule has 0 aromatic heterocycles. The van der Waals surface area contributed by atoms with Crippen molar-refractivity contribution >= 4 is 32.3 Å². The van der Waals surface area contributed by atoms with Crippen LogP contribution in [0.1, 0.15) is 0 Å². The Morgan fingerprint density at radius 2 is 1.73 bits per heavy atom. The van der Waals surface area contributed by atoms with E-state index in [1.165, 1.54) is 0 Å². The molecule has 0 aliphatic rings. The summed E-state index contributed by atoms with van der Waals surface area (Å²) in [4.78, 5) is 0. The molecule has 0 atom stereocenters. The summed E-state index contributed by atoms with van der Waals surface area (Å²) in [5.41, 5.74) is 1.06. The monoisotopic (exact) mass is 231 g/mol. The van der Waals surface area contributed by atoms with Crippen molar-refractivity contribution in [1.82, 2.24) is 0 Å². The van der Waals surface area contributed by atoms with Gasteiger partial charge in [0.05, 0.1) is 5.69 Å². The molecule has 1 rings (SSSR count). The third-order valence-corrected chi connectivity index (χ3v) is 2.22. The lowest BCUT2D eigenvalue weighted by atomic mass is 10.3. The van der Waals surface area contributed by atoms with E-state index in [-0.39, 0.29) is 10.7 Å². The maximum Gasteiger partial charge on any atom is 0.0703 e. The first-order valence-corrected chi connectivity index (χ1v) is 6.02. The first kappa shape index (κ1) is 8.94. The Kier molecular flexibility index (Phi) is 3.27. The molecule has 0 N–H and O–H groups in total. The number of nitrogens with zero attached hydrogens (tertiary/aromatic N) is 1. The third-order valence-electron chi connectivity index (χ3n) is 1.11. The molecule has 0 radical (unpaired) electrons. The van der Waals surface area contributed by atoms with Crippen LogP contribution in [-0.4, -0.2) is 12.5 Å². The molecule has 1 aromatic rings. The van der Waals surface area contributed by atoms with E-state index in [1.807, 2.05) is 24.3 Å². The Hall–Kier alpha value is -0.150. The van der Waals surface area contributed by atoms with Crippen LogP contribution >= 0.6 is 15.9 Å². The molecule has 0 saturated heterocycles. The van der Waals surface area contributed by atoms with Crippen LogP contribution in [0.15, 0.2) is 33.1 Å². The second-order valence-corrected chi connectivity index (χ2v) is 4.99. The van der Waals surface area contributed by atoms with Crippen molar-refractivity contribution in [3.63, 3.8) is 0 Å². The van der Waals surface area contributed by atoms with Crippen LogP contribution in [-0.2, 0) is 10.7 Å². The normalized spacial score (nSPS) is 10.2. The fourth-order valence-corrected chi connectivity index (χ4v) is 1.52. The standard InChI is InChI=1S/C8H10BrNS/c1-11(2)10-8-5-3-7(9)4-6-8/h3-6H,1-2H3. The van der Waals surface area contributed by atoms with Gasteiger partial charge in [0.15, 0.2) is 0 Å². The summed E-state index contributed by atoms with van der Waals surface area (Å²) in [6, 6.07) is 8.03. The Morgan fingerprint density at radius 3 is 2.18 bits per heavy atom. The molecule has 0 bridgehead atoms. The van der Waals surface area contributed by atoms with E-state index in [0.717, 1.165) is 10.2 Å². The molecule has 0 aliphatic carbocycles. The van der Waals surface area contributed by atoms with E-state index in [2.05, 4.69) is 32.8 Å². The highest BCUT2D eigenvalue weighted by Crippen LogP contribution is 2.16. The van der Waals surface area contributed by atoms with Crippen molar-refractivity contribution < 1.29 is 0 Å². The highest BCUT2D eigenvalue weighted by atomic mass is 79.9. The van der Waals surface area contributed by atoms with Gasteiger partial charge >= 0.3 is 0 Å². The molecule has 0 unspecified atom stereocenters. The lowest BCUT2D eigenvalue weighted by molar-refractivity contribution is 1.54. The van der Waals surface area contributed by atoms with Crippen LogP contribution in [0.25, 0.3) is 0 Å². The number of halogens is 1. The number of hydrogen-bond acceptors (Lipinski definition) is 1. The van der Waals surface area contributed by atoms with Gasteiger partial charge in [-0.05, 0) is 36.8 Å². The highest BCUT2D eigenvalue weighted by molar-refractivity contribution is 9.10. The van der Waals surface area contributed by atoms with Crippen LogP contribution in [0, 0.1) is 0 Å². The van der Waals surface area contributed by atoms with Gasteiger partial charge < -0.3 is 0 Å². The Bertz CT molecular complexity index is 262. The van der Waals surface area contributed by atoms with Gasteiger partial charge in [-0.25, -0.2) is 4.36 Å². The van der Waals surface area contributed by atoms with Gasteiger partial charge in [-0.15, -0.1) is 10.7 Å². The fraction of sp³-hybridized carbons (Fsp3) is 0.250. The van der Waals surface area contributed by atoms with Crippen LogP contribution in [0.2, 0.25) is 0 Å². The fourth-order valence-electron chi connectivity index (χ4n) is 0.713. The molecule has 1 nitrogen and oxygen atoms in total. The third kappa shape index (κ3) is 3.16. The summed E-state index contributed by atoms with van der Waals surface area (Å²) < 4.78 is 5.51. The molecule has 0 fully saturated rings. The van der Waals surface area contributed by atoms with E-state index in [0.29, 0.717) is 0 Å². The molecule has 0 aliphatic heterocycles. The second-order valence-electron chi connectivity index (χ2n) is 2.34. The molecule has 0 spiro atoms. The van der Waals surface area contributed by atoms with Gasteiger partial charge in [0.1, 0.15) is 0 Å². The minimum atomic E-state index is 0.137. The van der Waals surface area contributed by atoms with Crippen molar-refractivity contribution in [2.45, 2.75) is 0 Å². The zero-order valence-corrected chi connectivity index (χ0v) is 8.95. The quantitative estimate of drug-likeness (QED) is 0.705. The van der Waals surface area contributed by atoms with Crippen molar-refractivity contribution in [3.8, 4) is 0 Å². The van der Waals surface area contributed by atoms with Crippen LogP contribution in [0.4, 0.5) is 5.69 Å². The molecular formula is C8H10BrNS. The predicted octanol–water partition coefficient (Wildman–Crippen LogP) is 3.14. The van der Waals surface area contributed by atoms with Gasteiger partial charge in [-0.1, -0.05) is 15.9 Å². The highest BCUT2D eigenvalue weighted by Gasteiger charge is 1.87. The molecule has 0 heterocycles. The number of benzene rings is 1. The average Bonchev–Trinajstić information content (AvgIpc) is 1.93. The van der Waals surface area contributed by atoms with Crippen molar-refractivity contribution in [3.05, 3.63) is 28.7 Å². The summed E-state index contributed by atoms with van der Waals surface area (Å²) in [6.45, 7) is 0. The summed E-state index contributed by atoms with van der Waals surface area (Å²) in [5, 5.41) is 0. The van der Waals surface area contributed by atoms with Crippen LogP contribution in [0.3, 0.4) is 0 Å². The summed E-state index contributed by atoms with van der Waals surface area (Å²) >= 11 is 3.37. The van der Waals surface area contributed by atoms with E-state index in [9.17, 15) is 0 Å². The molecule has 3 heteroatoms. The minimum Gasteiger partial charge on any atom is -0.229 e. The van der Waals surface area contributed by atoms with Gasteiger partial charge in [0, 0.05) is 4.47 Å². The van der Waals surface area contributed by atoms with Crippen molar-refractivity contribution in [1.29, 1.82) is 0 Å². The molecule has 60 valence electrons. The SMILES string of the molecule is CS(C)=Nc1ccc(Br)cc1. The van der Waals surface area contributed by atoms with E-state index >= 15 is 0 Å². The van der Waals surface area contributed by atoms with Crippen LogP contribution in [0.5, 0.6) is 0 Å². The van der Waals surface area contributed by atoms with Gasteiger partial charge in [0.2, 0.25) is 0 Å². The summed E-state index contributed by atoms with van der Waals surface area (Å²) in [5.74, 6) is 0. The predicted molar refractivity (Wildman–Crippen MR) is 55.4 cm³/mol. The van der Waals surface area contributed by atoms with Gasteiger partial charge in [0.25, 0.3) is 0 Å². The van der Waals surface area contributed by atoms with E-state index < -0.39 is 0 Å². The van der Waals surface area contributed by atoms with Gasteiger partial charge in [-0.2, -0.15) is 0 Å². The van der Waals surface area contributed by atoms with Crippen LogP contribution < -0.4 is 0 Å². The Labute approximate surface area is 78.1 Å². The average molecular weight is 232 g/mol. The van der Waals surface area contributed by atoms with Gasteiger partial charge in [-0.3, -0.25) is 0 Å². The Balaban J connectivity index is 2.91. The molecule has 0 amide bonds. The second kappa shape index (κ2) is 4.02.